The molecular weight excluding hydrogens is 288 g/mol. The number of aromatic nitrogens is 2. The van der Waals surface area contributed by atoms with Crippen molar-refractivity contribution in [1.29, 1.82) is 0 Å². The van der Waals surface area contributed by atoms with Crippen molar-refractivity contribution in [3.05, 3.63) is 33.9 Å². The molecule has 5 nitrogen and oxygen atoms in total. The zero-order chi connectivity index (χ0) is 12.0. The molecule has 1 aliphatic rings. The number of carbonyl (C=O) groups is 1. The first-order valence-corrected chi connectivity index (χ1v) is 5.69. The molecule has 0 aliphatic carbocycles. The molecule has 0 saturated heterocycles. The third-order valence-electron chi connectivity index (χ3n) is 2.65. The van der Waals surface area contributed by atoms with E-state index < -0.39 is 5.97 Å². The van der Waals surface area contributed by atoms with Crippen LogP contribution in [0.5, 0.6) is 5.75 Å². The topological polar surface area (TPSA) is 75.2 Å². The quantitative estimate of drug-likeness (QED) is 0.847. The summed E-state index contributed by atoms with van der Waals surface area (Å²) in [5.74, 6) is -0.315. The van der Waals surface area contributed by atoms with Crippen LogP contribution in [0.25, 0.3) is 11.3 Å². The van der Waals surface area contributed by atoms with Gasteiger partial charge in [-0.05, 0) is 18.2 Å². The van der Waals surface area contributed by atoms with Crippen molar-refractivity contribution in [2.24, 2.45) is 0 Å². The largest absolute Gasteiger partial charge is 0.488 e. The number of rotatable bonds is 1. The van der Waals surface area contributed by atoms with Gasteiger partial charge in [-0.1, -0.05) is 15.9 Å². The van der Waals surface area contributed by atoms with Crippen molar-refractivity contribution in [1.82, 2.24) is 10.2 Å². The first-order chi connectivity index (χ1) is 8.16. The lowest BCUT2D eigenvalue weighted by atomic mass is 10.0. The van der Waals surface area contributed by atoms with Crippen LogP contribution in [0, 0.1) is 0 Å². The normalized spacial score (nSPS) is 12.5. The third kappa shape index (κ3) is 1.52. The highest BCUT2D eigenvalue weighted by molar-refractivity contribution is 9.10. The minimum atomic E-state index is -1.03. The number of halogens is 1. The molecule has 6 heteroatoms. The van der Waals surface area contributed by atoms with Crippen molar-refractivity contribution in [3.8, 4) is 17.0 Å². The molecule has 0 fully saturated rings. The maximum absolute atomic E-state index is 11.0. The molecule has 1 aliphatic heterocycles. The fourth-order valence-corrected chi connectivity index (χ4v) is 2.23. The van der Waals surface area contributed by atoms with Crippen LogP contribution >= 0.6 is 15.9 Å². The van der Waals surface area contributed by atoms with Crippen LogP contribution in [0.4, 0.5) is 0 Å². The van der Waals surface area contributed by atoms with Crippen LogP contribution in [-0.4, -0.2) is 21.3 Å². The average Bonchev–Trinajstić information content (AvgIpc) is 2.72. The first kappa shape index (κ1) is 10.3. The van der Waals surface area contributed by atoms with Crippen molar-refractivity contribution >= 4 is 21.9 Å². The summed E-state index contributed by atoms with van der Waals surface area (Å²) in [6, 6.07) is 5.56. The van der Waals surface area contributed by atoms with E-state index >= 15 is 0 Å². The Morgan fingerprint density at radius 1 is 1.53 bits per heavy atom. The lowest BCUT2D eigenvalue weighted by Gasteiger charge is -2.17. The van der Waals surface area contributed by atoms with Gasteiger partial charge in [0.25, 0.3) is 0 Å². The molecule has 0 saturated carbocycles. The van der Waals surface area contributed by atoms with E-state index in [1.54, 1.807) is 0 Å². The lowest BCUT2D eigenvalue weighted by Crippen LogP contribution is -2.08. The highest BCUT2D eigenvalue weighted by Crippen LogP contribution is 2.38. The van der Waals surface area contributed by atoms with Gasteiger partial charge in [-0.25, -0.2) is 4.79 Å². The average molecular weight is 295 g/mol. The molecule has 2 aromatic rings. The Kier molecular flexibility index (Phi) is 2.19. The maximum Gasteiger partial charge on any atom is 0.354 e. The van der Waals surface area contributed by atoms with E-state index in [-0.39, 0.29) is 12.3 Å². The zero-order valence-electron chi connectivity index (χ0n) is 8.53. The first-order valence-electron chi connectivity index (χ1n) is 4.90. The molecule has 86 valence electrons. The van der Waals surface area contributed by atoms with Gasteiger partial charge in [-0.2, -0.15) is 5.10 Å². The van der Waals surface area contributed by atoms with Gasteiger partial charge in [-0.15, -0.1) is 0 Å². The Morgan fingerprint density at radius 3 is 3.12 bits per heavy atom. The molecule has 3 rings (SSSR count). The number of hydrogen-bond donors (Lipinski definition) is 2. The van der Waals surface area contributed by atoms with Crippen LogP contribution in [0.2, 0.25) is 0 Å². The number of fused-ring (bicyclic) bond motifs is 3. The van der Waals surface area contributed by atoms with E-state index in [9.17, 15) is 4.79 Å². The molecule has 1 aromatic heterocycles. The lowest BCUT2D eigenvalue weighted by molar-refractivity contribution is 0.0687. The number of H-pyrrole nitrogens is 1. The second kappa shape index (κ2) is 3.59. The SMILES string of the molecule is O=C(O)c1[nH]nc2c1COc1ccc(Br)cc1-2. The van der Waals surface area contributed by atoms with Gasteiger partial charge in [0.15, 0.2) is 5.69 Å². The van der Waals surface area contributed by atoms with Crippen molar-refractivity contribution in [2.75, 3.05) is 0 Å². The number of benzene rings is 1. The summed E-state index contributed by atoms with van der Waals surface area (Å²) in [7, 11) is 0. The Morgan fingerprint density at radius 2 is 2.35 bits per heavy atom. The van der Waals surface area contributed by atoms with Gasteiger partial charge in [0.2, 0.25) is 0 Å². The number of carboxylic acids is 1. The fraction of sp³-hybridized carbons (Fsp3) is 0.0909. The Labute approximate surface area is 105 Å². The van der Waals surface area contributed by atoms with Gasteiger partial charge in [-0.3, -0.25) is 5.10 Å². The Balaban J connectivity index is 2.23. The monoisotopic (exact) mass is 294 g/mol. The van der Waals surface area contributed by atoms with Crippen LogP contribution in [0.3, 0.4) is 0 Å². The van der Waals surface area contributed by atoms with E-state index in [2.05, 4.69) is 26.1 Å². The van der Waals surface area contributed by atoms with Gasteiger partial charge in [0, 0.05) is 10.0 Å². The smallest absolute Gasteiger partial charge is 0.354 e. The van der Waals surface area contributed by atoms with Gasteiger partial charge in [0.1, 0.15) is 18.1 Å². The van der Waals surface area contributed by atoms with Crippen molar-refractivity contribution < 1.29 is 14.6 Å². The van der Waals surface area contributed by atoms with E-state index in [1.165, 1.54) is 0 Å². The summed E-state index contributed by atoms with van der Waals surface area (Å²) in [5, 5.41) is 15.6. The summed E-state index contributed by atoms with van der Waals surface area (Å²) in [6.45, 7) is 0.224. The Hall–Kier alpha value is -1.82. The van der Waals surface area contributed by atoms with Crippen molar-refractivity contribution in [3.63, 3.8) is 0 Å². The number of nitrogens with zero attached hydrogens (tertiary/aromatic N) is 1. The van der Waals surface area contributed by atoms with E-state index in [1.807, 2.05) is 18.2 Å². The highest BCUT2D eigenvalue weighted by atomic mass is 79.9. The van der Waals surface area contributed by atoms with Crippen molar-refractivity contribution in [2.45, 2.75) is 6.61 Å². The molecule has 0 atom stereocenters. The van der Waals surface area contributed by atoms with Gasteiger partial charge < -0.3 is 9.84 Å². The molecule has 0 unspecified atom stereocenters. The third-order valence-corrected chi connectivity index (χ3v) is 3.14. The fourth-order valence-electron chi connectivity index (χ4n) is 1.87. The molecule has 0 amide bonds. The second-order valence-electron chi connectivity index (χ2n) is 3.66. The minimum absolute atomic E-state index is 0.0885. The summed E-state index contributed by atoms with van der Waals surface area (Å²) in [4.78, 5) is 11.0. The number of hydrogen-bond acceptors (Lipinski definition) is 3. The van der Waals surface area contributed by atoms with E-state index in [4.69, 9.17) is 9.84 Å². The number of carboxylic acid groups (broad SMARTS) is 1. The summed E-state index contributed by atoms with van der Waals surface area (Å²) >= 11 is 3.37. The molecule has 17 heavy (non-hydrogen) atoms. The number of nitrogens with one attached hydrogen (secondary N) is 1. The standard InChI is InChI=1S/C11H7BrN2O3/c12-5-1-2-8-6(3-5)9-7(4-17-8)10(11(15)16)14-13-9/h1-3H,4H2,(H,13,14)(H,15,16). The highest BCUT2D eigenvalue weighted by Gasteiger charge is 2.26. The number of aromatic carboxylic acids is 1. The summed E-state index contributed by atoms with van der Waals surface area (Å²) in [6.07, 6.45) is 0. The predicted molar refractivity (Wildman–Crippen MR) is 63.0 cm³/mol. The molecular formula is C11H7BrN2O3. The molecule has 0 spiro atoms. The zero-order valence-corrected chi connectivity index (χ0v) is 10.1. The van der Waals surface area contributed by atoms with Crippen LogP contribution in [0.15, 0.2) is 22.7 Å². The second-order valence-corrected chi connectivity index (χ2v) is 4.58. The van der Waals surface area contributed by atoms with E-state index in [0.717, 1.165) is 10.0 Å². The summed E-state index contributed by atoms with van der Waals surface area (Å²) < 4.78 is 6.41. The van der Waals surface area contributed by atoms with Crippen LogP contribution in [0.1, 0.15) is 16.1 Å². The van der Waals surface area contributed by atoms with Crippen LogP contribution < -0.4 is 4.74 Å². The van der Waals surface area contributed by atoms with E-state index in [0.29, 0.717) is 17.0 Å². The molecule has 0 bridgehead atoms. The Bertz CT molecular complexity index is 621. The predicted octanol–water partition coefficient (Wildman–Crippen LogP) is 2.43. The van der Waals surface area contributed by atoms with Gasteiger partial charge in [0.05, 0.1) is 5.56 Å². The minimum Gasteiger partial charge on any atom is -0.488 e. The molecule has 2 heterocycles. The molecule has 2 N–H and O–H groups in total. The molecule has 1 aromatic carbocycles. The number of aromatic amines is 1. The number of ether oxygens (including phenoxy) is 1. The van der Waals surface area contributed by atoms with Crippen LogP contribution in [-0.2, 0) is 6.61 Å². The summed E-state index contributed by atoms with van der Waals surface area (Å²) in [5.41, 5.74) is 2.11. The maximum atomic E-state index is 11.0. The molecule has 0 radical (unpaired) electrons. The van der Waals surface area contributed by atoms with Gasteiger partial charge >= 0.3 is 5.97 Å².